The molecule has 0 aromatic rings. The van der Waals surface area contributed by atoms with Crippen LogP contribution in [0, 0.1) is 23.7 Å². The summed E-state index contributed by atoms with van der Waals surface area (Å²) >= 11 is 5.16. The first-order valence-electron chi connectivity index (χ1n) is 21.7. The molecule has 0 radical (unpaired) electrons. The second-order valence-electron chi connectivity index (χ2n) is 16.5. The summed E-state index contributed by atoms with van der Waals surface area (Å²) in [6, 6.07) is 0. The molecule has 0 aliphatic rings. The lowest BCUT2D eigenvalue weighted by Gasteiger charge is -2.27. The van der Waals surface area contributed by atoms with E-state index in [1.165, 1.54) is 141 Å². The minimum Gasteiger partial charge on any atom is -0.353 e. The standard InChI is InChI=1S/C44H88I2O3/c1-9-11-13-15-17-19-21-23-31-47-43(29-25-27-37(3)33-39(5)35-41(7)45)49-44(48-32-24-22-20-18-16-14-12-10-2)30-26-28-38(4)34-40(6)36-42(8)46/h37-44H,9-36H2,1-8H3. The van der Waals surface area contributed by atoms with Crippen LogP contribution in [0.1, 0.15) is 222 Å². The summed E-state index contributed by atoms with van der Waals surface area (Å²) in [6.45, 7) is 20.7. The average molecular weight is 919 g/mol. The second-order valence-corrected chi connectivity index (χ2v) is 20.7. The van der Waals surface area contributed by atoms with Crippen LogP contribution in [0.5, 0.6) is 0 Å². The monoisotopic (exact) mass is 918 g/mol. The molecule has 0 bridgehead atoms. The Bertz CT molecular complexity index is 606. The molecule has 0 fully saturated rings. The zero-order valence-electron chi connectivity index (χ0n) is 34.4. The van der Waals surface area contributed by atoms with Crippen molar-refractivity contribution in [2.45, 2.75) is 243 Å². The number of alkyl halides is 2. The Labute approximate surface area is 336 Å². The average Bonchev–Trinajstić information content (AvgIpc) is 3.01. The van der Waals surface area contributed by atoms with Gasteiger partial charge in [-0.2, -0.15) is 0 Å². The van der Waals surface area contributed by atoms with Gasteiger partial charge in [-0.1, -0.05) is 203 Å². The van der Waals surface area contributed by atoms with Crippen LogP contribution in [-0.4, -0.2) is 33.6 Å². The molecule has 0 saturated carbocycles. The van der Waals surface area contributed by atoms with Gasteiger partial charge in [0.15, 0.2) is 12.6 Å². The normalized spacial score (nSPS) is 17.0. The third-order valence-corrected chi connectivity index (χ3v) is 11.3. The zero-order valence-corrected chi connectivity index (χ0v) is 38.7. The molecule has 0 aromatic heterocycles. The smallest absolute Gasteiger partial charge is 0.160 e. The summed E-state index contributed by atoms with van der Waals surface area (Å²) in [5, 5.41) is 0. The molecule has 0 saturated heterocycles. The fraction of sp³-hybridized carbons (Fsp3) is 1.00. The lowest BCUT2D eigenvalue weighted by molar-refractivity contribution is -0.250. The SMILES string of the molecule is CCCCCCCCCCOC(CCCC(C)CC(C)CC(C)I)OC(CCCC(C)CC(C)CC(C)I)OCCCCCCCCCC. The molecule has 49 heavy (non-hydrogen) atoms. The van der Waals surface area contributed by atoms with Gasteiger partial charge in [0.25, 0.3) is 0 Å². The van der Waals surface area contributed by atoms with Gasteiger partial charge in [0.1, 0.15) is 0 Å². The second kappa shape index (κ2) is 36.3. The Balaban J connectivity index is 5.11. The van der Waals surface area contributed by atoms with E-state index in [-0.39, 0.29) is 12.6 Å². The molecule has 0 spiro atoms. The van der Waals surface area contributed by atoms with Gasteiger partial charge in [0.2, 0.25) is 0 Å². The Morgan fingerprint density at radius 1 is 0.367 bits per heavy atom. The van der Waals surface area contributed by atoms with E-state index in [4.69, 9.17) is 14.2 Å². The van der Waals surface area contributed by atoms with Crippen LogP contribution in [-0.2, 0) is 14.2 Å². The lowest BCUT2D eigenvalue weighted by Crippen LogP contribution is -2.28. The summed E-state index contributed by atoms with van der Waals surface area (Å²) in [5.41, 5.74) is 0. The van der Waals surface area contributed by atoms with Crippen LogP contribution in [0.15, 0.2) is 0 Å². The highest BCUT2D eigenvalue weighted by Crippen LogP contribution is 2.26. The van der Waals surface area contributed by atoms with Crippen molar-refractivity contribution >= 4 is 45.2 Å². The van der Waals surface area contributed by atoms with Gasteiger partial charge in [-0.25, -0.2) is 0 Å². The van der Waals surface area contributed by atoms with Crippen molar-refractivity contribution in [2.75, 3.05) is 13.2 Å². The van der Waals surface area contributed by atoms with E-state index in [1.807, 2.05) is 0 Å². The van der Waals surface area contributed by atoms with Crippen molar-refractivity contribution in [3.05, 3.63) is 0 Å². The summed E-state index contributed by atoms with van der Waals surface area (Å²) in [5.74, 6) is 3.12. The molecular formula is C44H88I2O3. The summed E-state index contributed by atoms with van der Waals surface area (Å²) in [6.07, 6.45) is 33.1. The lowest BCUT2D eigenvalue weighted by atomic mass is 9.90. The van der Waals surface area contributed by atoms with Gasteiger partial charge in [-0.05, 0) is 87.9 Å². The van der Waals surface area contributed by atoms with Crippen molar-refractivity contribution in [3.63, 3.8) is 0 Å². The molecule has 0 heterocycles. The molecule has 296 valence electrons. The van der Waals surface area contributed by atoms with E-state index in [0.29, 0.717) is 0 Å². The van der Waals surface area contributed by atoms with Crippen LogP contribution in [0.3, 0.4) is 0 Å². The van der Waals surface area contributed by atoms with Gasteiger partial charge < -0.3 is 14.2 Å². The van der Waals surface area contributed by atoms with E-state index >= 15 is 0 Å². The highest BCUT2D eigenvalue weighted by Gasteiger charge is 2.20. The van der Waals surface area contributed by atoms with Crippen molar-refractivity contribution in [2.24, 2.45) is 23.7 Å². The molecule has 0 rings (SSSR count). The quantitative estimate of drug-likeness (QED) is 0.0267. The molecule has 5 heteroatoms. The topological polar surface area (TPSA) is 27.7 Å². The molecule has 0 aliphatic carbocycles. The molecule has 0 aromatic carbocycles. The molecule has 0 amide bonds. The van der Waals surface area contributed by atoms with Gasteiger partial charge in [-0.3, -0.25) is 0 Å². The fourth-order valence-electron chi connectivity index (χ4n) is 7.63. The number of hydrogen-bond acceptors (Lipinski definition) is 3. The summed E-state index contributed by atoms with van der Waals surface area (Å²) in [7, 11) is 0. The predicted octanol–water partition coefficient (Wildman–Crippen LogP) is 16.1. The first-order chi connectivity index (χ1) is 23.6. The van der Waals surface area contributed by atoms with Crippen LogP contribution in [0.25, 0.3) is 0 Å². The molecule has 0 N–H and O–H groups in total. The maximum Gasteiger partial charge on any atom is 0.160 e. The summed E-state index contributed by atoms with van der Waals surface area (Å²) in [4.78, 5) is 0. The number of halogens is 2. The third kappa shape index (κ3) is 36.1. The summed E-state index contributed by atoms with van der Waals surface area (Å²) < 4.78 is 21.4. The van der Waals surface area contributed by atoms with Crippen molar-refractivity contribution in [1.82, 2.24) is 0 Å². The predicted molar refractivity (Wildman–Crippen MR) is 236 cm³/mol. The van der Waals surface area contributed by atoms with E-state index < -0.39 is 0 Å². The minimum atomic E-state index is -0.144. The number of ether oxygens (including phenoxy) is 3. The van der Waals surface area contributed by atoms with Gasteiger partial charge in [0.05, 0.1) is 0 Å². The van der Waals surface area contributed by atoms with Crippen LogP contribution in [0.4, 0.5) is 0 Å². The first kappa shape index (κ1) is 50.3. The van der Waals surface area contributed by atoms with E-state index in [2.05, 4.69) is 101 Å². The first-order valence-corrected chi connectivity index (χ1v) is 24.2. The van der Waals surface area contributed by atoms with Crippen LogP contribution in [0.2, 0.25) is 0 Å². The largest absolute Gasteiger partial charge is 0.353 e. The Morgan fingerprint density at radius 3 is 1.02 bits per heavy atom. The van der Waals surface area contributed by atoms with Crippen LogP contribution < -0.4 is 0 Å². The number of hydrogen-bond donors (Lipinski definition) is 0. The van der Waals surface area contributed by atoms with Gasteiger partial charge in [-0.15, -0.1) is 0 Å². The van der Waals surface area contributed by atoms with Crippen molar-refractivity contribution < 1.29 is 14.2 Å². The van der Waals surface area contributed by atoms with Gasteiger partial charge >= 0.3 is 0 Å². The molecule has 0 aliphatic heterocycles. The Hall–Kier alpha value is 1.34. The van der Waals surface area contributed by atoms with E-state index in [9.17, 15) is 0 Å². The van der Waals surface area contributed by atoms with E-state index in [1.54, 1.807) is 0 Å². The highest BCUT2D eigenvalue weighted by atomic mass is 127. The van der Waals surface area contributed by atoms with Crippen molar-refractivity contribution in [3.8, 4) is 0 Å². The van der Waals surface area contributed by atoms with Crippen molar-refractivity contribution in [1.29, 1.82) is 0 Å². The third-order valence-electron chi connectivity index (χ3n) is 10.2. The van der Waals surface area contributed by atoms with Crippen LogP contribution >= 0.6 is 45.2 Å². The fourth-order valence-corrected chi connectivity index (χ4v) is 9.37. The Morgan fingerprint density at radius 2 is 0.694 bits per heavy atom. The number of unbranched alkanes of at least 4 members (excludes halogenated alkanes) is 14. The maximum atomic E-state index is 6.78. The van der Waals surface area contributed by atoms with Gasteiger partial charge in [0, 0.05) is 21.1 Å². The zero-order chi connectivity index (χ0) is 36.5. The minimum absolute atomic E-state index is 0.144. The number of rotatable bonds is 38. The molecule has 3 nitrogen and oxygen atoms in total. The molecule has 8 unspecified atom stereocenters. The highest BCUT2D eigenvalue weighted by molar-refractivity contribution is 14.1. The maximum absolute atomic E-state index is 6.78. The Kier molecular flexibility index (Phi) is 37.3. The molecular weight excluding hydrogens is 830 g/mol. The molecule has 8 atom stereocenters. The van der Waals surface area contributed by atoms with E-state index in [0.717, 1.165) is 70.4 Å².